The van der Waals surface area contributed by atoms with Gasteiger partial charge in [-0.3, -0.25) is 4.98 Å². The summed E-state index contributed by atoms with van der Waals surface area (Å²) in [6.45, 7) is 2.28. The number of hydrogen-bond acceptors (Lipinski definition) is 6. The van der Waals surface area contributed by atoms with Crippen molar-refractivity contribution >= 4 is 11.3 Å². The van der Waals surface area contributed by atoms with Gasteiger partial charge in [0.15, 0.2) is 0 Å². The molecule has 2 heterocycles. The summed E-state index contributed by atoms with van der Waals surface area (Å²) in [7, 11) is 0. The van der Waals surface area contributed by atoms with E-state index in [2.05, 4.69) is 10.3 Å². The minimum absolute atomic E-state index is 0.0917. The van der Waals surface area contributed by atoms with E-state index in [0.717, 1.165) is 5.56 Å². The molecule has 0 aliphatic carbocycles. The van der Waals surface area contributed by atoms with Crippen LogP contribution >= 0.6 is 11.3 Å². The van der Waals surface area contributed by atoms with Crippen LogP contribution in [0.1, 0.15) is 28.5 Å². The fourth-order valence-corrected chi connectivity index (χ4v) is 2.64. The zero-order valence-electron chi connectivity index (χ0n) is 11.2. The van der Waals surface area contributed by atoms with Crippen molar-refractivity contribution in [2.45, 2.75) is 26.2 Å². The average Bonchev–Trinajstić information content (AvgIpc) is 2.97. The number of aromatic nitrogens is 1. The molecule has 108 valence electrons. The summed E-state index contributed by atoms with van der Waals surface area (Å²) in [5, 5.41) is 36.1. The third-order valence-electron chi connectivity index (χ3n) is 3.17. The molecule has 2 aromatic heterocycles. The lowest BCUT2D eigenvalue weighted by molar-refractivity contribution is 0.174. The summed E-state index contributed by atoms with van der Waals surface area (Å²) >= 11 is 1.54. The minimum atomic E-state index is -0.580. The van der Waals surface area contributed by atoms with Crippen molar-refractivity contribution in [3.63, 3.8) is 0 Å². The van der Waals surface area contributed by atoms with E-state index in [4.69, 9.17) is 0 Å². The molecule has 2 rings (SSSR count). The Hall–Kier alpha value is -1.47. The number of aliphatic hydroxyl groups is 2. The van der Waals surface area contributed by atoms with Gasteiger partial charge in [0.05, 0.1) is 18.4 Å². The molecule has 5 nitrogen and oxygen atoms in total. The second-order valence-corrected chi connectivity index (χ2v) is 5.34. The summed E-state index contributed by atoms with van der Waals surface area (Å²) in [6.07, 6.45) is 0.977. The van der Waals surface area contributed by atoms with Crippen LogP contribution in [0, 0.1) is 6.92 Å². The Labute approximate surface area is 121 Å². The summed E-state index contributed by atoms with van der Waals surface area (Å²) in [4.78, 5) is 4.01. The molecule has 0 saturated carbocycles. The van der Waals surface area contributed by atoms with Gasteiger partial charge in [0.1, 0.15) is 5.75 Å². The topological polar surface area (TPSA) is 85.6 Å². The Morgan fingerprint density at radius 3 is 2.90 bits per heavy atom. The number of aryl methyl sites for hydroxylation is 1. The fourth-order valence-electron chi connectivity index (χ4n) is 1.93. The molecule has 0 aromatic carbocycles. The van der Waals surface area contributed by atoms with Gasteiger partial charge in [-0.1, -0.05) is 0 Å². The Morgan fingerprint density at radius 1 is 1.45 bits per heavy atom. The summed E-state index contributed by atoms with van der Waals surface area (Å²) in [5.74, 6) is 0.0917. The molecule has 0 radical (unpaired) electrons. The van der Waals surface area contributed by atoms with Gasteiger partial charge in [-0.15, -0.1) is 0 Å². The number of hydrogen-bond donors (Lipinski definition) is 4. The molecule has 6 heteroatoms. The fraction of sp³-hybridized carbons (Fsp3) is 0.357. The molecule has 0 amide bonds. The molecule has 1 atom stereocenters. The van der Waals surface area contributed by atoms with E-state index in [1.165, 1.54) is 11.3 Å². The standard InChI is InChI=1S/C14H18N2O3S/c1-9-14(19)12(11(7-17)4-16-9)5-15-6-13(18)10-2-3-20-8-10/h2-4,8,13,15,17-19H,5-7H2,1H3. The van der Waals surface area contributed by atoms with E-state index in [-0.39, 0.29) is 12.4 Å². The van der Waals surface area contributed by atoms with Gasteiger partial charge in [-0.05, 0) is 29.3 Å². The minimum Gasteiger partial charge on any atom is -0.506 e. The highest BCUT2D eigenvalue weighted by atomic mass is 32.1. The highest BCUT2D eigenvalue weighted by Crippen LogP contribution is 2.24. The molecule has 0 fully saturated rings. The Balaban J connectivity index is 1.99. The number of aliphatic hydroxyl groups excluding tert-OH is 2. The van der Waals surface area contributed by atoms with E-state index < -0.39 is 6.10 Å². The van der Waals surface area contributed by atoms with Crippen molar-refractivity contribution < 1.29 is 15.3 Å². The second kappa shape index (κ2) is 6.81. The van der Waals surface area contributed by atoms with Crippen molar-refractivity contribution in [1.29, 1.82) is 0 Å². The molecule has 0 spiro atoms. The van der Waals surface area contributed by atoms with Gasteiger partial charge in [-0.2, -0.15) is 11.3 Å². The van der Waals surface area contributed by atoms with Crippen molar-refractivity contribution in [2.24, 2.45) is 0 Å². The molecule has 4 N–H and O–H groups in total. The molecule has 0 bridgehead atoms. The van der Waals surface area contributed by atoms with Crippen LogP contribution in [0.3, 0.4) is 0 Å². The van der Waals surface area contributed by atoms with Gasteiger partial charge < -0.3 is 20.6 Å². The van der Waals surface area contributed by atoms with E-state index in [0.29, 0.717) is 29.9 Å². The largest absolute Gasteiger partial charge is 0.506 e. The maximum Gasteiger partial charge on any atom is 0.141 e. The van der Waals surface area contributed by atoms with Crippen molar-refractivity contribution in [1.82, 2.24) is 10.3 Å². The number of nitrogens with one attached hydrogen (secondary N) is 1. The van der Waals surface area contributed by atoms with Gasteiger partial charge >= 0.3 is 0 Å². The van der Waals surface area contributed by atoms with Gasteiger partial charge in [-0.25, -0.2) is 0 Å². The first-order valence-corrected chi connectivity index (χ1v) is 7.25. The van der Waals surface area contributed by atoms with Crippen LogP contribution in [0.2, 0.25) is 0 Å². The summed E-state index contributed by atoms with van der Waals surface area (Å²) in [6, 6.07) is 1.88. The molecule has 1 unspecified atom stereocenters. The lowest BCUT2D eigenvalue weighted by Crippen LogP contribution is -2.21. The molecule has 0 aliphatic rings. The Morgan fingerprint density at radius 2 is 2.25 bits per heavy atom. The third-order valence-corrected chi connectivity index (χ3v) is 3.87. The molecular weight excluding hydrogens is 276 g/mol. The monoisotopic (exact) mass is 294 g/mol. The van der Waals surface area contributed by atoms with E-state index in [9.17, 15) is 15.3 Å². The Kier molecular flexibility index (Phi) is 5.08. The van der Waals surface area contributed by atoms with Crippen LogP contribution in [-0.4, -0.2) is 26.8 Å². The van der Waals surface area contributed by atoms with Gasteiger partial charge in [0.2, 0.25) is 0 Å². The predicted octanol–water partition coefficient (Wildman–Crippen LogP) is 1.47. The maximum absolute atomic E-state index is 9.98. The van der Waals surface area contributed by atoms with E-state index in [1.807, 2.05) is 16.8 Å². The number of pyridine rings is 1. The highest BCUT2D eigenvalue weighted by Gasteiger charge is 2.12. The molecule has 20 heavy (non-hydrogen) atoms. The quantitative estimate of drug-likeness (QED) is 0.648. The molecular formula is C14H18N2O3S. The van der Waals surface area contributed by atoms with E-state index >= 15 is 0 Å². The third kappa shape index (κ3) is 3.34. The number of rotatable bonds is 6. The summed E-state index contributed by atoms with van der Waals surface area (Å²) < 4.78 is 0. The SMILES string of the molecule is Cc1ncc(CO)c(CNCC(O)c2ccsc2)c1O. The van der Waals surface area contributed by atoms with Crippen molar-refractivity contribution in [3.8, 4) is 5.75 Å². The van der Waals surface area contributed by atoms with Crippen molar-refractivity contribution in [2.75, 3.05) is 6.54 Å². The van der Waals surface area contributed by atoms with E-state index in [1.54, 1.807) is 13.1 Å². The normalized spacial score (nSPS) is 12.6. The zero-order valence-corrected chi connectivity index (χ0v) is 12.0. The number of nitrogens with zero attached hydrogens (tertiary/aromatic N) is 1. The highest BCUT2D eigenvalue weighted by molar-refractivity contribution is 7.07. The van der Waals surface area contributed by atoms with Crippen LogP contribution in [0.15, 0.2) is 23.0 Å². The molecule has 2 aromatic rings. The van der Waals surface area contributed by atoms with Crippen LogP contribution in [0.5, 0.6) is 5.75 Å². The summed E-state index contributed by atoms with van der Waals surface area (Å²) in [5.41, 5.74) is 2.61. The first-order chi connectivity index (χ1) is 9.63. The molecule has 0 aliphatic heterocycles. The smallest absolute Gasteiger partial charge is 0.141 e. The van der Waals surface area contributed by atoms with Crippen LogP contribution in [-0.2, 0) is 13.2 Å². The van der Waals surface area contributed by atoms with Gasteiger partial charge in [0, 0.05) is 30.4 Å². The first kappa shape index (κ1) is 14.9. The van der Waals surface area contributed by atoms with Crippen molar-refractivity contribution in [3.05, 3.63) is 45.4 Å². The lowest BCUT2D eigenvalue weighted by Gasteiger charge is -2.14. The maximum atomic E-state index is 9.98. The van der Waals surface area contributed by atoms with Crippen LogP contribution in [0.4, 0.5) is 0 Å². The average molecular weight is 294 g/mol. The number of thiophene rings is 1. The Bertz CT molecular complexity index is 558. The van der Waals surface area contributed by atoms with Crippen LogP contribution < -0.4 is 5.32 Å². The zero-order chi connectivity index (χ0) is 14.5. The van der Waals surface area contributed by atoms with Gasteiger partial charge in [0.25, 0.3) is 0 Å². The lowest BCUT2D eigenvalue weighted by atomic mass is 10.1. The second-order valence-electron chi connectivity index (χ2n) is 4.56. The first-order valence-electron chi connectivity index (χ1n) is 6.31. The van der Waals surface area contributed by atoms with Crippen LogP contribution in [0.25, 0.3) is 0 Å². The predicted molar refractivity (Wildman–Crippen MR) is 77.5 cm³/mol. The molecule has 0 saturated heterocycles. The number of aromatic hydroxyl groups is 1.